The summed E-state index contributed by atoms with van der Waals surface area (Å²) in [4.78, 5) is 4.92. The number of anilines is 1. The predicted octanol–water partition coefficient (Wildman–Crippen LogP) is 1.61. The molecule has 0 aromatic heterocycles. The molecular weight excluding hydrogens is 241 g/mol. The molecule has 1 unspecified atom stereocenters. The zero-order valence-corrected chi connectivity index (χ0v) is 11.3. The van der Waals surface area contributed by atoms with Crippen molar-refractivity contribution in [1.82, 2.24) is 4.90 Å². The lowest BCUT2D eigenvalue weighted by molar-refractivity contribution is 0.230. The minimum atomic E-state index is -0.114. The Morgan fingerprint density at radius 3 is 3.00 bits per heavy atom. The molecule has 2 aliphatic heterocycles. The van der Waals surface area contributed by atoms with E-state index < -0.39 is 0 Å². The number of nitrogens with two attached hydrogens (primary N) is 1. The second-order valence-corrected chi connectivity index (χ2v) is 5.55. The molecule has 0 spiro atoms. The largest absolute Gasteiger partial charge is 0.368 e. The van der Waals surface area contributed by atoms with Crippen molar-refractivity contribution in [3.05, 3.63) is 29.6 Å². The fourth-order valence-electron chi connectivity index (χ4n) is 3.45. The summed E-state index contributed by atoms with van der Waals surface area (Å²) >= 11 is 0. The monoisotopic (exact) mass is 263 g/mol. The maximum Gasteiger partial charge on any atom is 0.128 e. The zero-order chi connectivity index (χ0) is 13.2. The van der Waals surface area contributed by atoms with Crippen molar-refractivity contribution < 1.29 is 4.39 Å². The molecule has 19 heavy (non-hydrogen) atoms. The van der Waals surface area contributed by atoms with Crippen LogP contribution in [0.1, 0.15) is 18.4 Å². The Bertz CT molecular complexity index is 449. The van der Waals surface area contributed by atoms with E-state index in [0.717, 1.165) is 30.9 Å². The average molecular weight is 263 g/mol. The highest BCUT2D eigenvalue weighted by Gasteiger charge is 2.31. The van der Waals surface area contributed by atoms with Crippen molar-refractivity contribution in [2.75, 3.05) is 37.6 Å². The Morgan fingerprint density at radius 1 is 1.26 bits per heavy atom. The lowest BCUT2D eigenvalue weighted by Gasteiger charge is -2.39. The Labute approximate surface area is 114 Å². The molecular formula is C15H22FN3. The van der Waals surface area contributed by atoms with Crippen molar-refractivity contribution in [3.63, 3.8) is 0 Å². The first-order chi connectivity index (χ1) is 9.29. The van der Waals surface area contributed by atoms with E-state index in [9.17, 15) is 4.39 Å². The van der Waals surface area contributed by atoms with Gasteiger partial charge in [0.15, 0.2) is 0 Å². The van der Waals surface area contributed by atoms with Crippen molar-refractivity contribution in [3.8, 4) is 0 Å². The molecule has 0 radical (unpaired) electrons. The van der Waals surface area contributed by atoms with E-state index >= 15 is 0 Å². The third kappa shape index (κ3) is 2.47. The van der Waals surface area contributed by atoms with Gasteiger partial charge in [-0.2, -0.15) is 0 Å². The van der Waals surface area contributed by atoms with Gasteiger partial charge in [0.25, 0.3) is 0 Å². The summed E-state index contributed by atoms with van der Waals surface area (Å²) in [6.45, 7) is 4.86. The number of benzene rings is 1. The van der Waals surface area contributed by atoms with Crippen molar-refractivity contribution in [1.29, 1.82) is 0 Å². The van der Waals surface area contributed by atoms with Crippen LogP contribution in [0.15, 0.2) is 18.2 Å². The van der Waals surface area contributed by atoms with E-state index in [0.29, 0.717) is 19.0 Å². The number of nitrogens with zero attached hydrogens (tertiary/aromatic N) is 2. The second-order valence-electron chi connectivity index (χ2n) is 5.55. The quantitative estimate of drug-likeness (QED) is 0.899. The van der Waals surface area contributed by atoms with E-state index in [1.807, 2.05) is 12.1 Å². The van der Waals surface area contributed by atoms with E-state index in [-0.39, 0.29) is 5.82 Å². The summed E-state index contributed by atoms with van der Waals surface area (Å²) in [5.74, 6) is -0.114. The van der Waals surface area contributed by atoms with Crippen LogP contribution in [-0.4, -0.2) is 43.7 Å². The minimum Gasteiger partial charge on any atom is -0.368 e. The van der Waals surface area contributed by atoms with E-state index in [1.54, 1.807) is 6.07 Å². The normalized spacial score (nSPS) is 23.7. The van der Waals surface area contributed by atoms with Crippen molar-refractivity contribution in [2.45, 2.75) is 25.3 Å². The Morgan fingerprint density at radius 2 is 2.16 bits per heavy atom. The molecule has 1 atom stereocenters. The van der Waals surface area contributed by atoms with Gasteiger partial charge in [0, 0.05) is 36.9 Å². The Kier molecular flexibility index (Phi) is 3.71. The molecule has 2 fully saturated rings. The maximum atomic E-state index is 14.0. The van der Waals surface area contributed by atoms with Gasteiger partial charge in [0.1, 0.15) is 5.82 Å². The number of hydrogen-bond acceptors (Lipinski definition) is 3. The minimum absolute atomic E-state index is 0.114. The van der Waals surface area contributed by atoms with Crippen LogP contribution in [0.25, 0.3) is 0 Å². The molecule has 4 heteroatoms. The van der Waals surface area contributed by atoms with Gasteiger partial charge in [-0.3, -0.25) is 4.90 Å². The molecule has 0 saturated carbocycles. The molecule has 3 nitrogen and oxygen atoms in total. The molecule has 3 rings (SSSR count). The van der Waals surface area contributed by atoms with Crippen LogP contribution in [0.3, 0.4) is 0 Å². The summed E-state index contributed by atoms with van der Waals surface area (Å²) in [5.41, 5.74) is 7.46. The number of halogens is 1. The maximum absolute atomic E-state index is 14.0. The first-order valence-electron chi connectivity index (χ1n) is 7.26. The van der Waals surface area contributed by atoms with Gasteiger partial charge in [0.05, 0.1) is 0 Å². The van der Waals surface area contributed by atoms with Gasteiger partial charge in [0.2, 0.25) is 0 Å². The summed E-state index contributed by atoms with van der Waals surface area (Å²) in [7, 11) is 0. The summed E-state index contributed by atoms with van der Waals surface area (Å²) in [6, 6.07) is 6.05. The van der Waals surface area contributed by atoms with Crippen LogP contribution in [0.5, 0.6) is 0 Å². The first kappa shape index (κ1) is 12.9. The van der Waals surface area contributed by atoms with Gasteiger partial charge in [-0.25, -0.2) is 4.39 Å². The molecule has 2 aliphatic rings. The number of piperazine rings is 1. The number of rotatable bonds is 3. The lowest BCUT2D eigenvalue weighted by atomic mass is 10.1. The van der Waals surface area contributed by atoms with E-state index in [4.69, 9.17) is 5.73 Å². The standard InChI is InChI=1S/C15H22FN3/c16-14-4-1-5-15(13(14)6-7-17)19-10-9-18-8-2-3-12(18)11-19/h1,4-5,12H,2-3,6-11,17H2. The van der Waals surface area contributed by atoms with Gasteiger partial charge >= 0.3 is 0 Å². The number of fused-ring (bicyclic) bond motifs is 1. The molecule has 0 aliphatic carbocycles. The highest BCUT2D eigenvalue weighted by Crippen LogP contribution is 2.29. The second kappa shape index (κ2) is 5.47. The molecule has 0 bridgehead atoms. The predicted molar refractivity (Wildman–Crippen MR) is 76.0 cm³/mol. The highest BCUT2D eigenvalue weighted by molar-refractivity contribution is 5.55. The lowest BCUT2D eigenvalue weighted by Crippen LogP contribution is -2.50. The summed E-state index contributed by atoms with van der Waals surface area (Å²) < 4.78 is 14.0. The Balaban J connectivity index is 1.83. The van der Waals surface area contributed by atoms with Gasteiger partial charge in [-0.1, -0.05) is 6.07 Å². The van der Waals surface area contributed by atoms with Crippen LogP contribution in [-0.2, 0) is 6.42 Å². The first-order valence-corrected chi connectivity index (χ1v) is 7.26. The molecule has 2 N–H and O–H groups in total. The van der Waals surface area contributed by atoms with Crippen LogP contribution < -0.4 is 10.6 Å². The number of hydrogen-bond donors (Lipinski definition) is 1. The average Bonchev–Trinajstić information content (AvgIpc) is 2.88. The van der Waals surface area contributed by atoms with Gasteiger partial charge in [-0.05, 0) is 44.5 Å². The molecule has 1 aromatic rings. The van der Waals surface area contributed by atoms with E-state index in [2.05, 4.69) is 9.80 Å². The van der Waals surface area contributed by atoms with Crippen LogP contribution in [0, 0.1) is 5.82 Å². The molecule has 104 valence electrons. The molecule has 2 heterocycles. The van der Waals surface area contributed by atoms with E-state index in [1.165, 1.54) is 19.4 Å². The summed E-state index contributed by atoms with van der Waals surface area (Å²) in [6.07, 6.45) is 3.20. The topological polar surface area (TPSA) is 32.5 Å². The van der Waals surface area contributed by atoms with Crippen molar-refractivity contribution >= 4 is 5.69 Å². The van der Waals surface area contributed by atoms with Crippen LogP contribution in [0.2, 0.25) is 0 Å². The van der Waals surface area contributed by atoms with Crippen LogP contribution in [0.4, 0.5) is 10.1 Å². The summed E-state index contributed by atoms with van der Waals surface area (Å²) in [5, 5.41) is 0. The third-order valence-electron chi connectivity index (χ3n) is 4.42. The fourth-order valence-corrected chi connectivity index (χ4v) is 3.45. The third-order valence-corrected chi connectivity index (χ3v) is 4.42. The van der Waals surface area contributed by atoms with Crippen molar-refractivity contribution in [2.24, 2.45) is 5.73 Å². The molecule has 2 saturated heterocycles. The fraction of sp³-hybridized carbons (Fsp3) is 0.600. The highest BCUT2D eigenvalue weighted by atomic mass is 19.1. The smallest absolute Gasteiger partial charge is 0.128 e. The van der Waals surface area contributed by atoms with Crippen LogP contribution >= 0.6 is 0 Å². The van der Waals surface area contributed by atoms with Gasteiger partial charge in [-0.15, -0.1) is 0 Å². The Hall–Kier alpha value is -1.13. The zero-order valence-electron chi connectivity index (χ0n) is 11.3. The van der Waals surface area contributed by atoms with Gasteiger partial charge < -0.3 is 10.6 Å². The SMILES string of the molecule is NCCc1c(F)cccc1N1CCN2CCCC2C1. The molecule has 1 aromatic carbocycles. The molecule has 0 amide bonds.